The van der Waals surface area contributed by atoms with Gasteiger partial charge in [0.25, 0.3) is 11.8 Å². The summed E-state index contributed by atoms with van der Waals surface area (Å²) in [4.78, 5) is 41.4. The monoisotopic (exact) mass is 614 g/mol. The number of aromatic nitrogens is 1. The minimum Gasteiger partial charge on any atom is -0.493 e. The minimum absolute atomic E-state index is 0.127. The van der Waals surface area contributed by atoms with Gasteiger partial charge < -0.3 is 34.3 Å². The van der Waals surface area contributed by atoms with Gasteiger partial charge in [-0.3, -0.25) is 14.4 Å². The molecular formula is C34H35FN4O6. The summed E-state index contributed by atoms with van der Waals surface area (Å²) in [5.74, 6) is -0.160. The molecule has 4 aromatic rings. The fraction of sp³-hybridized carbons (Fsp3) is 0.324. The van der Waals surface area contributed by atoms with E-state index in [1.165, 1.54) is 19.2 Å². The van der Waals surface area contributed by atoms with Crippen molar-refractivity contribution >= 4 is 28.6 Å². The molecule has 11 heteroatoms. The van der Waals surface area contributed by atoms with Gasteiger partial charge >= 0.3 is 0 Å². The van der Waals surface area contributed by atoms with E-state index in [1.54, 1.807) is 23.1 Å². The van der Waals surface area contributed by atoms with Crippen molar-refractivity contribution in [3.05, 3.63) is 89.4 Å². The predicted octanol–water partition coefficient (Wildman–Crippen LogP) is 3.75. The number of methoxy groups -OCH3 is 1. The number of ether oxygens (including phenoxy) is 3. The molecule has 2 aliphatic heterocycles. The van der Waals surface area contributed by atoms with Gasteiger partial charge in [-0.2, -0.15) is 0 Å². The first-order valence-electron chi connectivity index (χ1n) is 14.9. The van der Waals surface area contributed by atoms with Crippen LogP contribution < -0.4 is 24.8 Å². The third-order valence-corrected chi connectivity index (χ3v) is 8.25. The van der Waals surface area contributed by atoms with E-state index >= 15 is 0 Å². The Morgan fingerprint density at radius 1 is 1.02 bits per heavy atom. The van der Waals surface area contributed by atoms with E-state index in [0.29, 0.717) is 42.0 Å². The first-order valence-corrected chi connectivity index (χ1v) is 14.9. The summed E-state index contributed by atoms with van der Waals surface area (Å²) in [5.41, 5.74) is 2.90. The number of fused-ring (bicyclic) bond motifs is 6. The molecule has 3 aromatic carbocycles. The molecule has 0 spiro atoms. The second kappa shape index (κ2) is 12.9. The number of carbonyl (C=O) groups excluding carboxylic acids is 3. The largest absolute Gasteiger partial charge is 0.493 e. The highest BCUT2D eigenvalue weighted by Crippen LogP contribution is 2.29. The zero-order chi connectivity index (χ0) is 31.5. The van der Waals surface area contributed by atoms with Gasteiger partial charge in [0.15, 0.2) is 18.1 Å². The Kier molecular flexibility index (Phi) is 8.59. The summed E-state index contributed by atoms with van der Waals surface area (Å²) in [6, 6.07) is 16.7. The highest BCUT2D eigenvalue weighted by Gasteiger charge is 2.35. The van der Waals surface area contributed by atoms with Gasteiger partial charge in [-0.1, -0.05) is 24.3 Å². The maximum atomic E-state index is 14.6. The average Bonchev–Trinajstić information content (AvgIpc) is 3.37. The number of nitrogens with one attached hydrogen (secondary N) is 2. The van der Waals surface area contributed by atoms with E-state index in [-0.39, 0.29) is 43.7 Å². The summed E-state index contributed by atoms with van der Waals surface area (Å²) in [6.07, 6.45) is 2.29. The summed E-state index contributed by atoms with van der Waals surface area (Å²) in [7, 11) is 3.41. The predicted molar refractivity (Wildman–Crippen MR) is 165 cm³/mol. The molecule has 2 N–H and O–H groups in total. The second-order valence-electron chi connectivity index (χ2n) is 11.4. The number of amides is 3. The van der Waals surface area contributed by atoms with Crippen molar-refractivity contribution in [2.45, 2.75) is 38.0 Å². The van der Waals surface area contributed by atoms with Gasteiger partial charge in [0, 0.05) is 62.7 Å². The van der Waals surface area contributed by atoms with Crippen molar-refractivity contribution < 1.29 is 33.0 Å². The molecule has 45 heavy (non-hydrogen) atoms. The minimum atomic E-state index is -0.618. The van der Waals surface area contributed by atoms with E-state index in [0.717, 1.165) is 16.5 Å². The van der Waals surface area contributed by atoms with Crippen molar-refractivity contribution in [1.29, 1.82) is 0 Å². The topological polar surface area (TPSA) is 111 Å². The van der Waals surface area contributed by atoms with Crippen LogP contribution in [0.1, 0.15) is 34.3 Å². The van der Waals surface area contributed by atoms with Crippen molar-refractivity contribution in [3.8, 4) is 17.2 Å². The summed E-state index contributed by atoms with van der Waals surface area (Å²) in [6.45, 7) is 0.361. The molecule has 4 bridgehead atoms. The standard InChI is InChI=1S/C34H35FN4O6/c1-38-18-26(25-5-3-4-6-28(25)38)34(42)39-12-11-29-27(19-39)37-33(41)20-44-31-15-21(7-9-30(31)43-2)8-10-32(40)36-17-22-13-23(35)16-24(14-22)45-29/h3-7,9,13-16,18,27,29H,8,10-12,17,19-20H2,1-2H3,(H,36,40)(H,37,41)/t27-,29-/m1/s1. The highest BCUT2D eigenvalue weighted by molar-refractivity contribution is 6.07. The first kappa shape index (κ1) is 30.0. The number of hydrogen-bond acceptors (Lipinski definition) is 6. The fourth-order valence-electron chi connectivity index (χ4n) is 5.97. The van der Waals surface area contributed by atoms with Crippen LogP contribution in [0.15, 0.2) is 66.9 Å². The Morgan fingerprint density at radius 3 is 2.71 bits per heavy atom. The molecule has 0 aliphatic carbocycles. The Hall–Kier alpha value is -5.06. The number of nitrogens with zero attached hydrogens (tertiary/aromatic N) is 2. The Labute approximate surface area is 260 Å². The molecule has 6 rings (SSSR count). The molecule has 0 unspecified atom stereocenters. The van der Waals surface area contributed by atoms with E-state index in [1.807, 2.05) is 48.1 Å². The zero-order valence-corrected chi connectivity index (χ0v) is 25.2. The second-order valence-corrected chi connectivity index (χ2v) is 11.4. The number of piperidine rings is 1. The molecule has 1 aromatic heterocycles. The van der Waals surface area contributed by atoms with Crippen LogP contribution in [-0.2, 0) is 29.6 Å². The van der Waals surface area contributed by atoms with E-state index in [9.17, 15) is 18.8 Å². The van der Waals surface area contributed by atoms with Crippen LogP contribution in [0, 0.1) is 5.82 Å². The van der Waals surface area contributed by atoms with Crippen LogP contribution in [-0.4, -0.2) is 66.1 Å². The Balaban J connectivity index is 1.28. The number of halogens is 1. The normalized spacial score (nSPS) is 19.2. The maximum Gasteiger partial charge on any atom is 0.258 e. The fourth-order valence-corrected chi connectivity index (χ4v) is 5.97. The number of para-hydroxylation sites is 1. The number of carbonyl (C=O) groups is 3. The third kappa shape index (κ3) is 6.72. The molecular weight excluding hydrogens is 579 g/mol. The number of likely N-dealkylation sites (tertiary alicyclic amines) is 1. The van der Waals surface area contributed by atoms with E-state index in [4.69, 9.17) is 14.2 Å². The lowest BCUT2D eigenvalue weighted by Gasteiger charge is -2.39. The quantitative estimate of drug-likeness (QED) is 0.356. The molecule has 3 amide bonds. The van der Waals surface area contributed by atoms with Gasteiger partial charge in [0.2, 0.25) is 5.91 Å². The van der Waals surface area contributed by atoms with Crippen molar-refractivity contribution in [2.75, 3.05) is 26.8 Å². The van der Waals surface area contributed by atoms with Crippen molar-refractivity contribution in [3.63, 3.8) is 0 Å². The van der Waals surface area contributed by atoms with Gasteiger partial charge in [0.05, 0.1) is 18.7 Å². The number of rotatable bonds is 2. The Bertz CT molecular complexity index is 1750. The van der Waals surface area contributed by atoms with E-state index < -0.39 is 23.9 Å². The molecule has 2 aliphatic rings. The van der Waals surface area contributed by atoms with Crippen LogP contribution in [0.2, 0.25) is 0 Å². The highest BCUT2D eigenvalue weighted by atomic mass is 19.1. The molecule has 1 fully saturated rings. The lowest BCUT2D eigenvalue weighted by Crippen LogP contribution is -2.58. The van der Waals surface area contributed by atoms with Gasteiger partial charge in [0.1, 0.15) is 17.7 Å². The zero-order valence-electron chi connectivity index (χ0n) is 25.2. The number of benzene rings is 3. The van der Waals surface area contributed by atoms with Crippen LogP contribution in [0.4, 0.5) is 4.39 Å². The van der Waals surface area contributed by atoms with Gasteiger partial charge in [-0.05, 0) is 47.9 Å². The molecule has 1 saturated heterocycles. The van der Waals surface area contributed by atoms with Crippen LogP contribution in [0.5, 0.6) is 17.2 Å². The van der Waals surface area contributed by atoms with Crippen molar-refractivity contribution in [2.24, 2.45) is 7.05 Å². The molecule has 234 valence electrons. The third-order valence-electron chi connectivity index (χ3n) is 8.25. The van der Waals surface area contributed by atoms with Gasteiger partial charge in [-0.15, -0.1) is 0 Å². The average molecular weight is 615 g/mol. The lowest BCUT2D eigenvalue weighted by molar-refractivity contribution is -0.125. The van der Waals surface area contributed by atoms with Crippen LogP contribution in [0.25, 0.3) is 10.9 Å². The molecule has 3 heterocycles. The van der Waals surface area contributed by atoms with E-state index in [2.05, 4.69) is 10.6 Å². The molecule has 0 saturated carbocycles. The smallest absolute Gasteiger partial charge is 0.258 e. The SMILES string of the molecule is COc1ccc2cc1OCC(=O)N[C@@H]1CN(C(=O)c3cn(C)c4ccccc34)CC[C@H]1Oc1cc(F)cc(c1)CNC(=O)CC2. The lowest BCUT2D eigenvalue weighted by atomic mass is 10.00. The Morgan fingerprint density at radius 2 is 1.87 bits per heavy atom. The summed E-state index contributed by atoms with van der Waals surface area (Å²) >= 11 is 0. The number of hydrogen-bond donors (Lipinski definition) is 2. The van der Waals surface area contributed by atoms with Crippen LogP contribution >= 0.6 is 0 Å². The van der Waals surface area contributed by atoms with Crippen LogP contribution in [0.3, 0.4) is 0 Å². The van der Waals surface area contributed by atoms with Crippen molar-refractivity contribution in [1.82, 2.24) is 20.1 Å². The molecule has 10 nitrogen and oxygen atoms in total. The van der Waals surface area contributed by atoms with Gasteiger partial charge in [-0.25, -0.2) is 4.39 Å². The molecule has 0 radical (unpaired) electrons. The number of aryl methyl sites for hydroxylation is 2. The first-order chi connectivity index (χ1) is 21.8. The summed E-state index contributed by atoms with van der Waals surface area (Å²) < 4.78 is 34.1. The summed E-state index contributed by atoms with van der Waals surface area (Å²) in [5, 5.41) is 6.69. The maximum absolute atomic E-state index is 14.6. The molecule has 2 atom stereocenters.